The van der Waals surface area contributed by atoms with Gasteiger partial charge in [-0.25, -0.2) is 22.1 Å². The minimum absolute atomic E-state index is 0. The van der Waals surface area contributed by atoms with Crippen LogP contribution >= 0.6 is 24.0 Å². The van der Waals surface area contributed by atoms with Crippen molar-refractivity contribution in [3.05, 3.63) is 65.5 Å². The number of sulfonamides is 1. The Morgan fingerprint density at radius 3 is 2.35 bits per heavy atom. The van der Waals surface area contributed by atoms with Gasteiger partial charge in [-0.05, 0) is 43.0 Å². The van der Waals surface area contributed by atoms with Gasteiger partial charge >= 0.3 is 0 Å². The lowest BCUT2D eigenvalue weighted by Crippen LogP contribution is -2.41. The van der Waals surface area contributed by atoms with Crippen molar-refractivity contribution in [3.63, 3.8) is 0 Å². The number of guanidine groups is 1. The highest BCUT2D eigenvalue weighted by Crippen LogP contribution is 2.48. The van der Waals surface area contributed by atoms with Crippen LogP contribution in [0.2, 0.25) is 0 Å². The Kier molecular flexibility index (Phi) is 8.84. The third kappa shape index (κ3) is 5.95. The standard InChI is InChI=1S/C22H29FN4O2S.HI/c1-4-24-21(26-16-22(13-14-22)18-10-6-7-11-19(18)23)25-15-17-9-5-8-12-20(17)30(28,29)27(2)3;/h5-12H,4,13-16H2,1-3H3,(H2,24,25,26);1H. The third-order valence-corrected chi connectivity index (χ3v) is 7.29. The van der Waals surface area contributed by atoms with Crippen LogP contribution in [0.5, 0.6) is 0 Å². The molecule has 3 rings (SSSR count). The molecule has 0 bridgehead atoms. The predicted molar refractivity (Wildman–Crippen MR) is 133 cm³/mol. The van der Waals surface area contributed by atoms with Crippen LogP contribution in [0.3, 0.4) is 0 Å². The van der Waals surface area contributed by atoms with Crippen molar-refractivity contribution in [1.29, 1.82) is 0 Å². The molecule has 1 aliphatic carbocycles. The van der Waals surface area contributed by atoms with Crippen molar-refractivity contribution in [2.75, 3.05) is 27.2 Å². The summed E-state index contributed by atoms with van der Waals surface area (Å²) in [4.78, 5) is 4.83. The first kappa shape index (κ1) is 25.5. The summed E-state index contributed by atoms with van der Waals surface area (Å²) >= 11 is 0. The summed E-state index contributed by atoms with van der Waals surface area (Å²) < 4.78 is 40.6. The van der Waals surface area contributed by atoms with Crippen LogP contribution in [-0.2, 0) is 22.0 Å². The van der Waals surface area contributed by atoms with Crippen molar-refractivity contribution in [2.24, 2.45) is 4.99 Å². The van der Waals surface area contributed by atoms with Gasteiger partial charge in [0.2, 0.25) is 10.0 Å². The van der Waals surface area contributed by atoms with E-state index in [1.807, 2.05) is 19.1 Å². The summed E-state index contributed by atoms with van der Waals surface area (Å²) in [6, 6.07) is 13.8. The Bertz CT molecular complexity index is 1020. The first-order valence-electron chi connectivity index (χ1n) is 10.1. The first-order valence-corrected chi connectivity index (χ1v) is 11.5. The number of nitrogens with zero attached hydrogens (tertiary/aromatic N) is 2. The van der Waals surface area contributed by atoms with E-state index in [1.165, 1.54) is 24.5 Å². The summed E-state index contributed by atoms with van der Waals surface area (Å²) in [5.74, 6) is 0.402. The second kappa shape index (κ2) is 10.7. The zero-order valence-electron chi connectivity index (χ0n) is 18.1. The topological polar surface area (TPSA) is 73.8 Å². The lowest BCUT2D eigenvalue weighted by molar-refractivity contribution is 0.519. The van der Waals surface area contributed by atoms with Gasteiger partial charge in [-0.2, -0.15) is 0 Å². The first-order chi connectivity index (χ1) is 14.3. The minimum atomic E-state index is -3.55. The number of hydrogen-bond acceptors (Lipinski definition) is 3. The SMILES string of the molecule is CCNC(=NCc1ccccc1S(=O)(=O)N(C)C)NCC1(c2ccccc2F)CC1.I. The second-order valence-electron chi connectivity index (χ2n) is 7.70. The summed E-state index contributed by atoms with van der Waals surface area (Å²) in [5.41, 5.74) is 1.14. The molecule has 1 fully saturated rings. The molecule has 1 aliphatic rings. The molecule has 2 N–H and O–H groups in total. The van der Waals surface area contributed by atoms with Gasteiger partial charge in [0.25, 0.3) is 0 Å². The van der Waals surface area contributed by atoms with Crippen LogP contribution in [0.15, 0.2) is 58.4 Å². The van der Waals surface area contributed by atoms with Gasteiger partial charge in [0, 0.05) is 32.6 Å². The predicted octanol–water partition coefficient (Wildman–Crippen LogP) is 3.48. The Labute approximate surface area is 201 Å². The van der Waals surface area contributed by atoms with E-state index in [-0.39, 0.29) is 46.6 Å². The molecule has 0 aromatic heterocycles. The maximum atomic E-state index is 14.3. The van der Waals surface area contributed by atoms with Gasteiger partial charge in [0.15, 0.2) is 5.96 Å². The Morgan fingerprint density at radius 1 is 1.10 bits per heavy atom. The summed E-state index contributed by atoms with van der Waals surface area (Å²) in [6.07, 6.45) is 1.84. The van der Waals surface area contributed by atoms with Crippen LogP contribution in [0, 0.1) is 5.82 Å². The largest absolute Gasteiger partial charge is 0.357 e. The van der Waals surface area contributed by atoms with Crippen LogP contribution in [0.4, 0.5) is 4.39 Å². The molecule has 31 heavy (non-hydrogen) atoms. The molecule has 2 aromatic carbocycles. The zero-order valence-corrected chi connectivity index (χ0v) is 21.2. The molecule has 170 valence electrons. The Hall–Kier alpha value is -1.72. The van der Waals surface area contributed by atoms with E-state index in [2.05, 4.69) is 15.6 Å². The van der Waals surface area contributed by atoms with Gasteiger partial charge in [0.05, 0.1) is 11.4 Å². The van der Waals surface area contributed by atoms with Crippen molar-refractivity contribution in [2.45, 2.75) is 36.6 Å². The van der Waals surface area contributed by atoms with Crippen molar-refractivity contribution < 1.29 is 12.8 Å². The minimum Gasteiger partial charge on any atom is -0.357 e. The molecule has 0 aliphatic heterocycles. The molecule has 2 aromatic rings. The highest BCUT2D eigenvalue weighted by molar-refractivity contribution is 14.0. The van der Waals surface area contributed by atoms with Gasteiger partial charge in [0.1, 0.15) is 5.82 Å². The maximum Gasteiger partial charge on any atom is 0.242 e. The molecule has 0 amide bonds. The lowest BCUT2D eigenvalue weighted by atomic mass is 9.95. The molecule has 0 saturated heterocycles. The van der Waals surface area contributed by atoms with Gasteiger partial charge in [-0.1, -0.05) is 36.4 Å². The van der Waals surface area contributed by atoms with E-state index in [0.29, 0.717) is 24.6 Å². The number of halogens is 2. The van der Waals surface area contributed by atoms with Gasteiger partial charge in [-0.3, -0.25) is 0 Å². The highest BCUT2D eigenvalue weighted by Gasteiger charge is 2.45. The molecular formula is C22H30FIN4O2S. The van der Waals surface area contributed by atoms with E-state index in [1.54, 1.807) is 30.3 Å². The molecule has 0 atom stereocenters. The van der Waals surface area contributed by atoms with Crippen molar-refractivity contribution >= 4 is 40.0 Å². The fourth-order valence-electron chi connectivity index (χ4n) is 3.43. The smallest absolute Gasteiger partial charge is 0.242 e. The molecular weight excluding hydrogens is 530 g/mol. The summed E-state index contributed by atoms with van der Waals surface area (Å²) in [5, 5.41) is 6.50. The monoisotopic (exact) mass is 560 g/mol. The molecule has 1 saturated carbocycles. The van der Waals surface area contributed by atoms with Crippen LogP contribution in [0.1, 0.15) is 30.9 Å². The van der Waals surface area contributed by atoms with E-state index < -0.39 is 10.0 Å². The molecule has 0 radical (unpaired) electrons. The number of benzene rings is 2. The maximum absolute atomic E-state index is 14.3. The molecule has 6 nitrogen and oxygen atoms in total. The second-order valence-corrected chi connectivity index (χ2v) is 9.82. The molecule has 0 unspecified atom stereocenters. The Morgan fingerprint density at radius 2 is 1.74 bits per heavy atom. The van der Waals surface area contributed by atoms with E-state index >= 15 is 0 Å². The van der Waals surface area contributed by atoms with E-state index in [4.69, 9.17) is 0 Å². The van der Waals surface area contributed by atoms with E-state index in [0.717, 1.165) is 18.4 Å². The fraction of sp³-hybridized carbons (Fsp3) is 0.409. The summed E-state index contributed by atoms with van der Waals surface area (Å²) in [6.45, 7) is 3.41. The van der Waals surface area contributed by atoms with E-state index in [9.17, 15) is 12.8 Å². The van der Waals surface area contributed by atoms with Crippen molar-refractivity contribution in [1.82, 2.24) is 14.9 Å². The van der Waals surface area contributed by atoms with Crippen LogP contribution in [-0.4, -0.2) is 45.9 Å². The third-order valence-electron chi connectivity index (χ3n) is 5.38. The zero-order chi connectivity index (χ0) is 21.8. The van der Waals surface area contributed by atoms with Crippen LogP contribution < -0.4 is 10.6 Å². The fourth-order valence-corrected chi connectivity index (χ4v) is 4.53. The lowest BCUT2D eigenvalue weighted by Gasteiger charge is -2.20. The molecule has 0 spiro atoms. The number of hydrogen-bond donors (Lipinski definition) is 2. The van der Waals surface area contributed by atoms with Gasteiger partial charge < -0.3 is 10.6 Å². The number of aliphatic imine (C=N–C) groups is 1. The normalized spacial score (nSPS) is 15.3. The molecule has 9 heteroatoms. The average molecular weight is 560 g/mol. The van der Waals surface area contributed by atoms with Crippen LogP contribution in [0.25, 0.3) is 0 Å². The van der Waals surface area contributed by atoms with Gasteiger partial charge in [-0.15, -0.1) is 24.0 Å². The average Bonchev–Trinajstić information content (AvgIpc) is 3.51. The Balaban J connectivity index is 0.00000341. The number of rotatable bonds is 8. The highest BCUT2D eigenvalue weighted by atomic mass is 127. The number of nitrogens with one attached hydrogen (secondary N) is 2. The molecule has 0 heterocycles. The van der Waals surface area contributed by atoms with Crippen molar-refractivity contribution in [3.8, 4) is 0 Å². The quantitative estimate of drug-likeness (QED) is 0.295. The summed E-state index contributed by atoms with van der Waals surface area (Å²) in [7, 11) is -0.527.